The lowest BCUT2D eigenvalue weighted by atomic mass is 10.0. The number of fused-ring (bicyclic) bond motifs is 1. The van der Waals surface area contributed by atoms with Gasteiger partial charge in [0, 0.05) is 18.4 Å². The topological polar surface area (TPSA) is 17.0 Å². The molecule has 2 nitrogen and oxygen atoms in total. The molecule has 1 N–H and O–H groups in total. The molecule has 0 amide bonds. The summed E-state index contributed by atoms with van der Waals surface area (Å²) in [6, 6.07) is 0.252. The number of halogens is 2. The molecule has 1 aliphatic rings. The molecule has 0 saturated carbocycles. The first kappa shape index (κ1) is 11.6. The maximum Gasteiger partial charge on any atom is 0.318 e. The fraction of sp³-hybridized carbons (Fsp3) is 0.667. The van der Waals surface area contributed by atoms with E-state index in [9.17, 15) is 8.78 Å². The number of rotatable bonds is 3. The van der Waals surface area contributed by atoms with Gasteiger partial charge in [-0.15, -0.1) is 0 Å². The molecule has 2 rings (SSSR count). The van der Waals surface area contributed by atoms with Gasteiger partial charge in [0.25, 0.3) is 0 Å². The monoisotopic (exact) mass is 228 g/mol. The van der Waals surface area contributed by atoms with E-state index in [1.54, 1.807) is 12.4 Å². The smallest absolute Gasteiger partial charge is 0.310 e. The standard InChI is InChI=1S/C12H18F2N2/c1-2-15-11-6-4-3-5-9-7-16(12(13)14)8-10(9)11/h7-8,11-12,15H,2-6H2,1H3. The zero-order valence-electron chi connectivity index (χ0n) is 9.55. The van der Waals surface area contributed by atoms with Crippen LogP contribution in [0.4, 0.5) is 8.78 Å². The first-order valence-electron chi connectivity index (χ1n) is 5.94. The number of aromatic nitrogens is 1. The van der Waals surface area contributed by atoms with Gasteiger partial charge in [0.15, 0.2) is 0 Å². The highest BCUT2D eigenvalue weighted by molar-refractivity contribution is 5.29. The summed E-state index contributed by atoms with van der Waals surface area (Å²) in [4.78, 5) is 0. The molecule has 1 atom stereocenters. The van der Waals surface area contributed by atoms with Gasteiger partial charge in [-0.05, 0) is 36.9 Å². The minimum Gasteiger partial charge on any atom is -0.310 e. The summed E-state index contributed by atoms with van der Waals surface area (Å²) in [5.41, 5.74) is 2.16. The Morgan fingerprint density at radius 1 is 1.44 bits per heavy atom. The van der Waals surface area contributed by atoms with Crippen molar-refractivity contribution in [1.29, 1.82) is 0 Å². The van der Waals surface area contributed by atoms with E-state index >= 15 is 0 Å². The van der Waals surface area contributed by atoms with E-state index in [2.05, 4.69) is 12.2 Å². The number of nitrogens with one attached hydrogen (secondary N) is 1. The third-order valence-electron chi connectivity index (χ3n) is 3.20. The van der Waals surface area contributed by atoms with E-state index < -0.39 is 6.55 Å². The van der Waals surface area contributed by atoms with Gasteiger partial charge in [0.1, 0.15) is 0 Å². The van der Waals surface area contributed by atoms with Crippen LogP contribution < -0.4 is 5.32 Å². The second-order valence-electron chi connectivity index (χ2n) is 4.32. The first-order chi connectivity index (χ1) is 7.72. The summed E-state index contributed by atoms with van der Waals surface area (Å²) in [5.74, 6) is 0. The van der Waals surface area contributed by atoms with Crippen LogP contribution in [0.2, 0.25) is 0 Å². The van der Waals surface area contributed by atoms with E-state index in [4.69, 9.17) is 0 Å². The summed E-state index contributed by atoms with van der Waals surface area (Å²) < 4.78 is 26.2. The number of hydrogen-bond donors (Lipinski definition) is 1. The Hall–Kier alpha value is -0.900. The molecule has 0 saturated heterocycles. The lowest BCUT2D eigenvalue weighted by molar-refractivity contribution is 0.0703. The van der Waals surface area contributed by atoms with Crippen LogP contribution in [0.15, 0.2) is 12.4 Å². The fourth-order valence-electron chi connectivity index (χ4n) is 2.45. The first-order valence-corrected chi connectivity index (χ1v) is 5.94. The largest absolute Gasteiger partial charge is 0.318 e. The maximum atomic E-state index is 12.6. The van der Waals surface area contributed by atoms with E-state index in [1.807, 2.05) is 0 Å². The molecule has 1 unspecified atom stereocenters. The minimum absolute atomic E-state index is 0.252. The van der Waals surface area contributed by atoms with Gasteiger partial charge in [-0.1, -0.05) is 13.3 Å². The Kier molecular flexibility index (Phi) is 3.59. The average molecular weight is 228 g/mol. The molecular formula is C12H18F2N2. The molecule has 0 aromatic carbocycles. The second kappa shape index (κ2) is 4.95. The molecule has 0 fully saturated rings. The Morgan fingerprint density at radius 3 is 2.94 bits per heavy atom. The van der Waals surface area contributed by atoms with Crippen molar-refractivity contribution in [3.05, 3.63) is 23.5 Å². The number of alkyl halides is 2. The van der Waals surface area contributed by atoms with Gasteiger partial charge >= 0.3 is 6.55 Å². The van der Waals surface area contributed by atoms with Crippen LogP contribution in [0, 0.1) is 0 Å². The molecule has 0 aliphatic heterocycles. The summed E-state index contributed by atoms with van der Waals surface area (Å²) >= 11 is 0. The van der Waals surface area contributed by atoms with Crippen molar-refractivity contribution in [2.75, 3.05) is 6.54 Å². The van der Waals surface area contributed by atoms with Crippen LogP contribution in [0.3, 0.4) is 0 Å². The minimum atomic E-state index is -2.42. The van der Waals surface area contributed by atoms with Gasteiger partial charge in [-0.25, -0.2) is 0 Å². The van der Waals surface area contributed by atoms with Crippen molar-refractivity contribution in [2.24, 2.45) is 0 Å². The number of aryl methyl sites for hydroxylation is 1. The second-order valence-corrected chi connectivity index (χ2v) is 4.32. The molecule has 1 aromatic heterocycles. The van der Waals surface area contributed by atoms with E-state index in [1.165, 1.54) is 6.42 Å². The van der Waals surface area contributed by atoms with Crippen LogP contribution in [0.1, 0.15) is 49.9 Å². The lowest BCUT2D eigenvalue weighted by Crippen LogP contribution is -2.20. The van der Waals surface area contributed by atoms with Crippen molar-refractivity contribution in [3.63, 3.8) is 0 Å². The molecule has 16 heavy (non-hydrogen) atoms. The van der Waals surface area contributed by atoms with E-state index in [-0.39, 0.29) is 6.04 Å². The molecule has 1 aliphatic carbocycles. The molecule has 0 bridgehead atoms. The molecule has 0 radical (unpaired) electrons. The molecule has 4 heteroatoms. The van der Waals surface area contributed by atoms with Crippen LogP contribution in [0.25, 0.3) is 0 Å². The summed E-state index contributed by atoms with van der Waals surface area (Å²) in [7, 11) is 0. The van der Waals surface area contributed by atoms with Crippen LogP contribution in [-0.2, 0) is 6.42 Å². The van der Waals surface area contributed by atoms with Crippen LogP contribution >= 0.6 is 0 Å². The number of nitrogens with zero attached hydrogens (tertiary/aromatic N) is 1. The Morgan fingerprint density at radius 2 is 2.25 bits per heavy atom. The third kappa shape index (κ3) is 2.26. The van der Waals surface area contributed by atoms with E-state index in [0.717, 1.165) is 41.5 Å². The quantitative estimate of drug-likeness (QED) is 0.786. The molecular weight excluding hydrogens is 210 g/mol. The maximum absolute atomic E-state index is 12.6. The molecule has 1 aromatic rings. The van der Waals surface area contributed by atoms with Crippen molar-refractivity contribution in [3.8, 4) is 0 Å². The fourth-order valence-corrected chi connectivity index (χ4v) is 2.45. The van der Waals surface area contributed by atoms with Crippen molar-refractivity contribution >= 4 is 0 Å². The predicted octanol–water partition coefficient (Wildman–Crippen LogP) is 3.26. The summed E-state index contributed by atoms with van der Waals surface area (Å²) in [5, 5.41) is 3.37. The van der Waals surface area contributed by atoms with Crippen LogP contribution in [0.5, 0.6) is 0 Å². The SMILES string of the molecule is CCNC1CCCCc2cn(C(F)F)cc21. The molecule has 90 valence electrons. The molecule has 1 heterocycles. The Bertz CT molecular complexity index is 347. The van der Waals surface area contributed by atoms with Crippen molar-refractivity contribution in [1.82, 2.24) is 9.88 Å². The summed E-state index contributed by atoms with van der Waals surface area (Å²) in [6.45, 7) is 0.507. The highest BCUT2D eigenvalue weighted by Gasteiger charge is 2.21. The Balaban J connectivity index is 2.28. The normalized spacial score (nSPS) is 20.9. The van der Waals surface area contributed by atoms with Crippen molar-refractivity contribution in [2.45, 2.75) is 45.2 Å². The van der Waals surface area contributed by atoms with Gasteiger partial charge in [0.2, 0.25) is 0 Å². The van der Waals surface area contributed by atoms with Crippen LogP contribution in [-0.4, -0.2) is 11.1 Å². The van der Waals surface area contributed by atoms with Gasteiger partial charge < -0.3 is 5.32 Å². The predicted molar refractivity (Wildman–Crippen MR) is 59.7 cm³/mol. The van der Waals surface area contributed by atoms with Gasteiger partial charge in [-0.3, -0.25) is 4.57 Å². The molecule has 0 spiro atoms. The lowest BCUT2D eigenvalue weighted by Gasteiger charge is -2.15. The number of hydrogen-bond acceptors (Lipinski definition) is 1. The highest BCUT2D eigenvalue weighted by Crippen LogP contribution is 2.30. The van der Waals surface area contributed by atoms with Gasteiger partial charge in [-0.2, -0.15) is 8.78 Å². The summed E-state index contributed by atoms with van der Waals surface area (Å²) in [6.07, 6.45) is 7.46. The Labute approximate surface area is 94.6 Å². The highest BCUT2D eigenvalue weighted by atomic mass is 19.3. The van der Waals surface area contributed by atoms with Crippen molar-refractivity contribution < 1.29 is 8.78 Å². The third-order valence-corrected chi connectivity index (χ3v) is 3.20. The average Bonchev–Trinajstić information content (AvgIpc) is 2.59. The zero-order valence-corrected chi connectivity index (χ0v) is 9.55. The van der Waals surface area contributed by atoms with Gasteiger partial charge in [0.05, 0.1) is 0 Å². The zero-order chi connectivity index (χ0) is 11.5. The van der Waals surface area contributed by atoms with E-state index in [0.29, 0.717) is 0 Å².